The van der Waals surface area contributed by atoms with Crippen LogP contribution in [0.1, 0.15) is 22.7 Å². The number of anilines is 1. The van der Waals surface area contributed by atoms with E-state index in [2.05, 4.69) is 20.4 Å². The van der Waals surface area contributed by atoms with E-state index in [4.69, 9.17) is 18.6 Å². The molecule has 3 aromatic heterocycles. The third-order valence-corrected chi connectivity index (χ3v) is 5.47. The van der Waals surface area contributed by atoms with E-state index in [9.17, 15) is 4.79 Å². The molecule has 1 N–H and O–H groups in total. The fourth-order valence-corrected chi connectivity index (χ4v) is 3.83. The van der Waals surface area contributed by atoms with Crippen molar-refractivity contribution in [3.8, 4) is 28.9 Å². The summed E-state index contributed by atoms with van der Waals surface area (Å²) in [6, 6.07) is 12.8. The van der Waals surface area contributed by atoms with Gasteiger partial charge in [-0.3, -0.25) is 5.32 Å². The highest BCUT2D eigenvalue weighted by molar-refractivity contribution is 5.83. The summed E-state index contributed by atoms with van der Waals surface area (Å²) in [7, 11) is 5.56. The van der Waals surface area contributed by atoms with Crippen LogP contribution in [-0.4, -0.2) is 65.2 Å². The first-order valence-electron chi connectivity index (χ1n) is 12.1. The third-order valence-electron chi connectivity index (χ3n) is 5.47. The number of nitrogens with zero attached hydrogens (tertiary/aromatic N) is 5. The molecular formula is C27H32N6O5. The van der Waals surface area contributed by atoms with Crippen LogP contribution in [0.15, 0.2) is 46.9 Å². The minimum Gasteiger partial charge on any atom is -0.497 e. The number of ether oxygens (including phenoxy) is 3. The average molecular weight is 521 g/mol. The molecular weight excluding hydrogens is 488 g/mol. The van der Waals surface area contributed by atoms with E-state index in [0.717, 1.165) is 22.7 Å². The summed E-state index contributed by atoms with van der Waals surface area (Å²) < 4.78 is 23.9. The topological polar surface area (TPSA) is 117 Å². The first kappa shape index (κ1) is 26.7. The summed E-state index contributed by atoms with van der Waals surface area (Å²) in [5.41, 5.74) is 2.73. The first-order chi connectivity index (χ1) is 18.2. The van der Waals surface area contributed by atoms with Crippen LogP contribution in [0.5, 0.6) is 11.5 Å². The number of benzene rings is 1. The molecule has 0 radical (unpaired) electrons. The Bertz CT molecular complexity index is 1410. The maximum atomic E-state index is 12.6. The summed E-state index contributed by atoms with van der Waals surface area (Å²) >= 11 is 0. The minimum atomic E-state index is -0.674. The van der Waals surface area contributed by atoms with Gasteiger partial charge in [0.05, 0.1) is 12.8 Å². The van der Waals surface area contributed by atoms with Gasteiger partial charge in [-0.1, -0.05) is 6.07 Å². The van der Waals surface area contributed by atoms with Gasteiger partial charge >= 0.3 is 6.09 Å². The molecule has 11 nitrogen and oxygen atoms in total. The normalized spacial score (nSPS) is 11.0. The molecule has 0 unspecified atom stereocenters. The van der Waals surface area contributed by atoms with E-state index >= 15 is 0 Å². The van der Waals surface area contributed by atoms with Crippen LogP contribution in [0.4, 0.5) is 10.6 Å². The van der Waals surface area contributed by atoms with Crippen LogP contribution >= 0.6 is 0 Å². The van der Waals surface area contributed by atoms with Crippen LogP contribution in [0.2, 0.25) is 0 Å². The third kappa shape index (κ3) is 6.68. The number of aryl methyl sites for hydroxylation is 3. The van der Waals surface area contributed by atoms with Crippen molar-refractivity contribution in [3.05, 3.63) is 65.2 Å². The van der Waals surface area contributed by atoms with Gasteiger partial charge in [-0.15, -0.1) is 0 Å². The standard InChI is InChI=1S/C27H32N6O5/c1-17-13-18(2)33(31-17)25-15-24(28-26(30-25)22-10-7-19(3)38-22)29-27(34)37-12-11-36-23-14-21(35-6)9-8-20(23)16-32(4)5/h7-10,13-15H,11-12,16H2,1-6H3,(H,28,29,30,34). The molecule has 0 aliphatic carbocycles. The predicted molar refractivity (Wildman–Crippen MR) is 142 cm³/mol. The Kier molecular flexibility index (Phi) is 8.27. The fourth-order valence-electron chi connectivity index (χ4n) is 3.83. The summed E-state index contributed by atoms with van der Waals surface area (Å²) in [5, 5.41) is 7.16. The molecule has 3 heterocycles. The van der Waals surface area contributed by atoms with E-state index in [1.807, 2.05) is 70.1 Å². The largest absolute Gasteiger partial charge is 0.497 e. The molecule has 38 heavy (non-hydrogen) atoms. The van der Waals surface area contributed by atoms with Crippen molar-refractivity contribution in [2.75, 3.05) is 39.7 Å². The van der Waals surface area contributed by atoms with Crippen molar-refractivity contribution in [2.45, 2.75) is 27.3 Å². The molecule has 0 atom stereocenters. The van der Waals surface area contributed by atoms with Crippen molar-refractivity contribution in [3.63, 3.8) is 0 Å². The first-order valence-corrected chi connectivity index (χ1v) is 12.1. The van der Waals surface area contributed by atoms with Crippen LogP contribution in [0.3, 0.4) is 0 Å². The van der Waals surface area contributed by atoms with Gasteiger partial charge in [-0.25, -0.2) is 19.4 Å². The molecule has 0 fully saturated rings. The quantitative estimate of drug-likeness (QED) is 0.301. The van der Waals surface area contributed by atoms with E-state index in [1.54, 1.807) is 23.9 Å². The minimum absolute atomic E-state index is 0.0318. The number of nitrogens with one attached hydrogen (secondary N) is 1. The second kappa shape index (κ2) is 11.8. The highest BCUT2D eigenvalue weighted by atomic mass is 16.6. The number of methoxy groups -OCH3 is 1. The highest BCUT2D eigenvalue weighted by Crippen LogP contribution is 2.26. The van der Waals surface area contributed by atoms with Crippen molar-refractivity contribution in [2.24, 2.45) is 0 Å². The monoisotopic (exact) mass is 520 g/mol. The molecule has 0 aliphatic heterocycles. The van der Waals surface area contributed by atoms with Crippen molar-refractivity contribution >= 4 is 11.9 Å². The number of amides is 1. The SMILES string of the molecule is COc1ccc(CN(C)C)c(OCCOC(=O)Nc2cc(-n3nc(C)cc3C)nc(-c3ccc(C)o3)n2)c1. The fraction of sp³-hybridized carbons (Fsp3) is 0.333. The zero-order valence-electron chi connectivity index (χ0n) is 22.4. The summed E-state index contributed by atoms with van der Waals surface area (Å²) in [6.45, 7) is 6.55. The Hall–Kier alpha value is -4.38. The Balaban J connectivity index is 1.44. The number of furan rings is 1. The summed E-state index contributed by atoms with van der Waals surface area (Å²) in [6.07, 6.45) is -0.674. The lowest BCUT2D eigenvalue weighted by molar-refractivity contribution is 0.137. The molecule has 1 aromatic carbocycles. The van der Waals surface area contributed by atoms with E-state index in [-0.39, 0.29) is 19.0 Å². The van der Waals surface area contributed by atoms with Crippen LogP contribution in [-0.2, 0) is 11.3 Å². The lowest BCUT2D eigenvalue weighted by Gasteiger charge is -2.16. The molecule has 4 rings (SSSR count). The van der Waals surface area contributed by atoms with Crippen molar-refractivity contribution in [1.82, 2.24) is 24.6 Å². The molecule has 0 spiro atoms. The van der Waals surface area contributed by atoms with Gasteiger partial charge in [-0.05, 0) is 59.1 Å². The smallest absolute Gasteiger partial charge is 0.412 e. The molecule has 1 amide bonds. The van der Waals surface area contributed by atoms with E-state index in [1.165, 1.54) is 0 Å². The molecule has 0 aliphatic rings. The Morgan fingerprint density at radius 3 is 2.53 bits per heavy atom. The number of aromatic nitrogens is 4. The van der Waals surface area contributed by atoms with Crippen LogP contribution in [0, 0.1) is 20.8 Å². The van der Waals surface area contributed by atoms with Gasteiger partial charge < -0.3 is 23.5 Å². The van der Waals surface area contributed by atoms with Gasteiger partial charge in [0.2, 0.25) is 0 Å². The zero-order valence-corrected chi connectivity index (χ0v) is 22.4. The zero-order chi connectivity index (χ0) is 27.2. The Labute approximate surface area is 221 Å². The van der Waals surface area contributed by atoms with Gasteiger partial charge in [0, 0.05) is 29.9 Å². The maximum Gasteiger partial charge on any atom is 0.412 e. The van der Waals surface area contributed by atoms with Gasteiger partial charge in [0.1, 0.15) is 36.3 Å². The number of rotatable bonds is 10. The molecule has 200 valence electrons. The number of hydrogen-bond acceptors (Lipinski definition) is 9. The molecule has 11 heteroatoms. The van der Waals surface area contributed by atoms with Crippen molar-refractivity contribution in [1.29, 1.82) is 0 Å². The number of hydrogen-bond donors (Lipinski definition) is 1. The second-order valence-corrected chi connectivity index (χ2v) is 9.01. The molecule has 0 bridgehead atoms. The average Bonchev–Trinajstić information content (AvgIpc) is 3.46. The van der Waals surface area contributed by atoms with Gasteiger partial charge in [0.25, 0.3) is 0 Å². The van der Waals surface area contributed by atoms with Crippen LogP contribution in [0.25, 0.3) is 17.4 Å². The number of carbonyl (C=O) groups excluding carboxylic acids is 1. The van der Waals surface area contributed by atoms with Crippen molar-refractivity contribution < 1.29 is 23.4 Å². The lowest BCUT2D eigenvalue weighted by atomic mass is 10.2. The van der Waals surface area contributed by atoms with E-state index < -0.39 is 6.09 Å². The summed E-state index contributed by atoms with van der Waals surface area (Å²) in [5.74, 6) is 3.60. The predicted octanol–water partition coefficient (Wildman–Crippen LogP) is 4.55. The molecule has 0 saturated carbocycles. The lowest BCUT2D eigenvalue weighted by Crippen LogP contribution is -2.19. The Morgan fingerprint density at radius 1 is 1.05 bits per heavy atom. The van der Waals surface area contributed by atoms with Crippen LogP contribution < -0.4 is 14.8 Å². The van der Waals surface area contributed by atoms with E-state index in [0.29, 0.717) is 35.4 Å². The highest BCUT2D eigenvalue weighted by Gasteiger charge is 2.16. The number of carbonyl (C=O) groups is 1. The molecule has 0 saturated heterocycles. The van der Waals surface area contributed by atoms with Gasteiger partial charge in [-0.2, -0.15) is 5.10 Å². The Morgan fingerprint density at radius 2 is 1.87 bits per heavy atom. The summed E-state index contributed by atoms with van der Waals surface area (Å²) in [4.78, 5) is 23.7. The molecule has 4 aromatic rings. The van der Waals surface area contributed by atoms with Gasteiger partial charge in [0.15, 0.2) is 17.4 Å². The maximum absolute atomic E-state index is 12.6. The second-order valence-electron chi connectivity index (χ2n) is 9.01.